The molecule has 0 spiro atoms. The van der Waals surface area contributed by atoms with Crippen LogP contribution in [0.1, 0.15) is 69.3 Å². The molecule has 3 aromatic carbocycles. The van der Waals surface area contributed by atoms with Crippen LogP contribution in [0.5, 0.6) is 5.75 Å². The number of imidazole rings is 2. The van der Waals surface area contributed by atoms with Crippen LogP contribution in [0.4, 0.5) is 9.59 Å². The molecule has 16 heteroatoms. The predicted octanol–water partition coefficient (Wildman–Crippen LogP) is 7.66. The molecule has 3 aliphatic heterocycles. The summed E-state index contributed by atoms with van der Waals surface area (Å²) in [7, 11) is 4.19. The topological polar surface area (TPSA) is 193 Å². The van der Waals surface area contributed by atoms with Crippen LogP contribution in [-0.2, 0) is 30.4 Å². The highest BCUT2D eigenvalue weighted by atomic mass is 16.5. The third kappa shape index (κ3) is 8.95. The normalized spacial score (nSPS) is 19.1. The monoisotopic (exact) mass is 884 g/mol. The van der Waals surface area contributed by atoms with E-state index in [-0.39, 0.29) is 29.7 Å². The van der Waals surface area contributed by atoms with Crippen LogP contribution < -0.4 is 15.4 Å². The predicted molar refractivity (Wildman–Crippen MR) is 246 cm³/mol. The second-order valence-corrected chi connectivity index (χ2v) is 17.1. The lowest BCUT2D eigenvalue weighted by Gasteiger charge is -2.30. The quantitative estimate of drug-likeness (QED) is 0.0854. The van der Waals surface area contributed by atoms with Crippen molar-refractivity contribution < 1.29 is 38.1 Å². The Labute approximate surface area is 377 Å². The Morgan fingerprint density at radius 2 is 1.74 bits per heavy atom. The molecule has 8 rings (SSSR count). The number of allylic oxidation sites excluding steroid dienone is 3. The lowest BCUT2D eigenvalue weighted by molar-refractivity contribution is -0.135. The number of rotatable bonds is 13. The molecule has 2 fully saturated rings. The zero-order valence-electron chi connectivity index (χ0n) is 37.6. The number of carbonyl (C=O) groups is 4. The maximum absolute atomic E-state index is 14.4. The molecule has 4 N–H and O–H groups in total. The standard InChI is InChI=1S/C49H56N8O8/c1-8-9-10-12-28(4)42(55-49(61)64-7)47(59)57-24-29(25-62-5)19-39(57)45-51-36-17-15-30-21-35-33-16-14-31(20-32(33)26-65-40(35)22-34(30)43(36)53-45)37-23-50-44(52-37)38-13-11-18-56(38)46(58)41(27(2)3)54-48(60)63-6/h8-10,12,14-17,20-23,27,29,38-39,41-42H,4,11,13,18-19,24-26H2,1-3,5-7H3,(H,50,52)(H,51,53)(H,54,60)(H,55,61)/b9-8-,12-10-/t29-,38-,39-,41-,42+/m0/s1. The van der Waals surface area contributed by atoms with E-state index in [4.69, 9.17) is 28.9 Å². The number of H-pyrrole nitrogens is 2. The molecule has 0 bridgehead atoms. The van der Waals surface area contributed by atoms with Crippen molar-refractivity contribution in [1.82, 2.24) is 40.4 Å². The first-order valence-corrected chi connectivity index (χ1v) is 22.0. The fourth-order valence-corrected chi connectivity index (χ4v) is 9.31. The molecule has 0 saturated carbocycles. The summed E-state index contributed by atoms with van der Waals surface area (Å²) in [5.74, 6) is 1.51. The fraction of sp³-hybridized carbons (Fsp3) is 0.388. The summed E-state index contributed by atoms with van der Waals surface area (Å²) in [5.41, 5.74) is 6.82. The number of fused-ring (bicyclic) bond motifs is 6. The van der Waals surface area contributed by atoms with E-state index in [9.17, 15) is 19.2 Å². The highest BCUT2D eigenvalue weighted by Gasteiger charge is 2.42. The van der Waals surface area contributed by atoms with E-state index in [0.717, 1.165) is 68.3 Å². The molecular weight excluding hydrogens is 829 g/mol. The number of nitrogens with one attached hydrogen (secondary N) is 4. The van der Waals surface area contributed by atoms with Crippen molar-refractivity contribution in [2.45, 2.75) is 70.8 Å². The Bertz CT molecular complexity index is 2700. The van der Waals surface area contributed by atoms with Crippen LogP contribution in [-0.4, -0.2) is 107 Å². The number of aromatic amines is 2. The van der Waals surface area contributed by atoms with Gasteiger partial charge < -0.3 is 49.3 Å². The van der Waals surface area contributed by atoms with Gasteiger partial charge in [0.05, 0.1) is 55.8 Å². The Morgan fingerprint density at radius 1 is 0.938 bits per heavy atom. The average molecular weight is 885 g/mol. The van der Waals surface area contributed by atoms with Gasteiger partial charge in [-0.05, 0) is 84.0 Å². The van der Waals surface area contributed by atoms with Crippen molar-refractivity contribution >= 4 is 45.8 Å². The van der Waals surface area contributed by atoms with Crippen molar-refractivity contribution in [3.8, 4) is 28.1 Å². The first-order valence-electron chi connectivity index (χ1n) is 22.0. The molecule has 3 aliphatic rings. The van der Waals surface area contributed by atoms with Gasteiger partial charge >= 0.3 is 12.2 Å². The second-order valence-electron chi connectivity index (χ2n) is 17.1. The molecule has 0 aliphatic carbocycles. The number of hydrogen-bond acceptors (Lipinski definition) is 10. The smallest absolute Gasteiger partial charge is 0.407 e. The molecule has 5 heterocycles. The molecule has 65 heavy (non-hydrogen) atoms. The summed E-state index contributed by atoms with van der Waals surface area (Å²) in [4.78, 5) is 72.9. The highest BCUT2D eigenvalue weighted by Crippen LogP contribution is 2.44. The Hall–Kier alpha value is -6.94. The summed E-state index contributed by atoms with van der Waals surface area (Å²) < 4.78 is 21.6. The number of amides is 4. The first kappa shape index (κ1) is 44.7. The van der Waals surface area contributed by atoms with Gasteiger partial charge in [0.2, 0.25) is 5.91 Å². The van der Waals surface area contributed by atoms with Gasteiger partial charge in [0.25, 0.3) is 5.91 Å². The molecule has 2 aromatic heterocycles. The van der Waals surface area contributed by atoms with Crippen LogP contribution in [0.2, 0.25) is 0 Å². The Balaban J connectivity index is 1.05. The summed E-state index contributed by atoms with van der Waals surface area (Å²) in [6.45, 7) is 11.6. The van der Waals surface area contributed by atoms with Gasteiger partial charge in [0, 0.05) is 37.1 Å². The maximum atomic E-state index is 14.4. The number of nitrogens with zero attached hydrogens (tertiary/aromatic N) is 4. The minimum Gasteiger partial charge on any atom is -0.488 e. The van der Waals surface area contributed by atoms with Crippen molar-refractivity contribution in [2.24, 2.45) is 11.8 Å². The van der Waals surface area contributed by atoms with Crippen LogP contribution in [0.25, 0.3) is 44.2 Å². The number of likely N-dealkylation sites (tertiary alicyclic amines) is 2. The zero-order valence-corrected chi connectivity index (χ0v) is 37.6. The fourth-order valence-electron chi connectivity index (χ4n) is 9.31. The van der Waals surface area contributed by atoms with E-state index in [2.05, 4.69) is 57.5 Å². The first-order chi connectivity index (χ1) is 31.4. The average Bonchev–Trinajstić information content (AvgIpc) is 4.15. The zero-order chi connectivity index (χ0) is 45.9. The van der Waals surface area contributed by atoms with Crippen molar-refractivity contribution in [3.05, 3.63) is 102 Å². The van der Waals surface area contributed by atoms with E-state index in [1.807, 2.05) is 45.1 Å². The number of methoxy groups -OCH3 is 3. The van der Waals surface area contributed by atoms with Gasteiger partial charge in [0.15, 0.2) is 0 Å². The second kappa shape index (κ2) is 19.0. The lowest BCUT2D eigenvalue weighted by atomic mass is 9.92. The third-order valence-electron chi connectivity index (χ3n) is 12.6. The van der Waals surface area contributed by atoms with Crippen molar-refractivity contribution in [1.29, 1.82) is 0 Å². The van der Waals surface area contributed by atoms with Crippen molar-refractivity contribution in [3.63, 3.8) is 0 Å². The SMILES string of the molecule is C=C(/C=C\C=C/C)[C@@H](NC(=O)OC)C(=O)N1C[C@@H](COC)C[C@H]1c1nc2ccc3cc4c(cc3c2[nH]1)OCc1cc(-c2cnc([C@@H]3CCCN3C(=O)[C@@H](NC(=O)OC)C(C)C)[nH]2)ccc1-4. The molecule has 4 amide bonds. The largest absolute Gasteiger partial charge is 0.488 e. The molecule has 0 radical (unpaired) electrons. The van der Waals surface area contributed by atoms with Gasteiger partial charge in [-0.25, -0.2) is 19.6 Å². The van der Waals surface area contributed by atoms with Gasteiger partial charge in [-0.3, -0.25) is 9.59 Å². The molecule has 5 aromatic rings. The van der Waals surface area contributed by atoms with E-state index < -0.39 is 30.3 Å². The van der Waals surface area contributed by atoms with Crippen LogP contribution in [0.15, 0.2) is 85.1 Å². The van der Waals surface area contributed by atoms with Gasteiger partial charge in [-0.2, -0.15) is 0 Å². The van der Waals surface area contributed by atoms with E-state index in [1.54, 1.807) is 35.3 Å². The van der Waals surface area contributed by atoms with E-state index in [1.165, 1.54) is 14.2 Å². The number of aromatic nitrogens is 4. The summed E-state index contributed by atoms with van der Waals surface area (Å²) in [5, 5.41) is 7.31. The van der Waals surface area contributed by atoms with Crippen LogP contribution in [0, 0.1) is 11.8 Å². The van der Waals surface area contributed by atoms with E-state index in [0.29, 0.717) is 49.9 Å². The molecule has 16 nitrogen and oxygen atoms in total. The van der Waals surface area contributed by atoms with Crippen LogP contribution >= 0.6 is 0 Å². The summed E-state index contributed by atoms with van der Waals surface area (Å²) in [6.07, 6.45) is 9.77. The van der Waals surface area contributed by atoms with Gasteiger partial charge in [0.1, 0.15) is 36.1 Å². The maximum Gasteiger partial charge on any atom is 0.407 e. The van der Waals surface area contributed by atoms with Gasteiger partial charge in [-0.1, -0.05) is 62.9 Å². The molecule has 0 unspecified atom stereocenters. The van der Waals surface area contributed by atoms with Crippen molar-refractivity contribution in [2.75, 3.05) is 41.0 Å². The highest BCUT2D eigenvalue weighted by molar-refractivity contribution is 6.07. The third-order valence-corrected chi connectivity index (χ3v) is 12.6. The Kier molecular flexibility index (Phi) is 13.1. The van der Waals surface area contributed by atoms with Crippen LogP contribution in [0.3, 0.4) is 0 Å². The Morgan fingerprint density at radius 3 is 2.49 bits per heavy atom. The number of benzene rings is 3. The lowest BCUT2D eigenvalue weighted by Crippen LogP contribution is -2.51. The molecule has 2 saturated heterocycles. The number of carbonyl (C=O) groups excluding carboxylic acids is 4. The number of alkyl carbamates (subject to hydrolysis) is 2. The molecule has 5 atom stereocenters. The van der Waals surface area contributed by atoms with Gasteiger partial charge in [-0.15, -0.1) is 0 Å². The minimum absolute atomic E-state index is 0.0371. The minimum atomic E-state index is -1.06. The summed E-state index contributed by atoms with van der Waals surface area (Å²) >= 11 is 0. The number of ether oxygens (including phenoxy) is 4. The summed E-state index contributed by atoms with van der Waals surface area (Å²) in [6, 6.07) is 12.1. The van der Waals surface area contributed by atoms with E-state index >= 15 is 0 Å². The molecule has 340 valence electrons. The molecular formula is C49H56N8O8. The number of hydrogen-bond donors (Lipinski definition) is 4.